The van der Waals surface area contributed by atoms with Crippen LogP contribution < -0.4 is 5.32 Å². The monoisotopic (exact) mass is 279 g/mol. The first kappa shape index (κ1) is 13.2. The Kier molecular flexibility index (Phi) is 3.48. The topological polar surface area (TPSA) is 51.0 Å². The number of halogens is 2. The maximum atomic E-state index is 13.2. The minimum absolute atomic E-state index is 0.00315. The molecule has 1 aromatic carbocycles. The van der Waals surface area contributed by atoms with E-state index in [4.69, 9.17) is 4.52 Å². The lowest BCUT2D eigenvalue weighted by Gasteiger charge is -2.26. The summed E-state index contributed by atoms with van der Waals surface area (Å²) in [6.07, 6.45) is 2.21. The van der Waals surface area contributed by atoms with Crippen molar-refractivity contribution in [2.45, 2.75) is 25.8 Å². The second-order valence-electron chi connectivity index (χ2n) is 5.17. The molecule has 0 aliphatic carbocycles. The van der Waals surface area contributed by atoms with Crippen LogP contribution in [-0.4, -0.2) is 16.7 Å². The second kappa shape index (κ2) is 5.28. The summed E-state index contributed by atoms with van der Waals surface area (Å²) in [6, 6.07) is 3.20. The number of hydrogen-bond donors (Lipinski definition) is 1. The summed E-state index contributed by atoms with van der Waals surface area (Å²) in [5.41, 5.74) is 0.279. The summed E-state index contributed by atoms with van der Waals surface area (Å²) in [5.74, 6) is -0.248. The molecule has 2 aromatic rings. The standard InChI is InChI=1S/C14H15F2N3O/c1-8-3-2-4-17-12(8)14-18-13(19-20-14)9-5-10(15)7-11(16)6-9/h5-8,12,17H,2-4H2,1H3. The highest BCUT2D eigenvalue weighted by atomic mass is 19.1. The van der Waals surface area contributed by atoms with E-state index < -0.39 is 11.6 Å². The van der Waals surface area contributed by atoms with Gasteiger partial charge in [0.25, 0.3) is 0 Å². The highest BCUT2D eigenvalue weighted by Gasteiger charge is 2.27. The van der Waals surface area contributed by atoms with Crippen molar-refractivity contribution in [3.8, 4) is 11.4 Å². The van der Waals surface area contributed by atoms with Crippen molar-refractivity contribution < 1.29 is 13.3 Å². The zero-order valence-electron chi connectivity index (χ0n) is 11.1. The van der Waals surface area contributed by atoms with E-state index in [0.717, 1.165) is 25.5 Å². The smallest absolute Gasteiger partial charge is 0.244 e. The highest BCUT2D eigenvalue weighted by Crippen LogP contribution is 2.29. The average molecular weight is 279 g/mol. The third-order valence-corrected chi connectivity index (χ3v) is 3.60. The van der Waals surface area contributed by atoms with Crippen LogP contribution in [-0.2, 0) is 0 Å². The lowest BCUT2D eigenvalue weighted by molar-refractivity contribution is 0.239. The number of nitrogens with one attached hydrogen (secondary N) is 1. The van der Waals surface area contributed by atoms with Crippen LogP contribution in [0.15, 0.2) is 22.7 Å². The van der Waals surface area contributed by atoms with Crippen LogP contribution in [0.2, 0.25) is 0 Å². The summed E-state index contributed by atoms with van der Waals surface area (Å²) in [5, 5.41) is 7.15. The van der Waals surface area contributed by atoms with Crippen LogP contribution in [0.5, 0.6) is 0 Å². The van der Waals surface area contributed by atoms with Crippen molar-refractivity contribution in [3.05, 3.63) is 35.7 Å². The van der Waals surface area contributed by atoms with Crippen LogP contribution >= 0.6 is 0 Å². The molecule has 4 nitrogen and oxygen atoms in total. The first-order valence-electron chi connectivity index (χ1n) is 6.67. The Morgan fingerprint density at radius 1 is 1.25 bits per heavy atom. The summed E-state index contributed by atoms with van der Waals surface area (Å²) < 4.78 is 31.6. The lowest BCUT2D eigenvalue weighted by atomic mass is 9.93. The van der Waals surface area contributed by atoms with E-state index in [1.807, 2.05) is 0 Å². The molecule has 20 heavy (non-hydrogen) atoms. The first-order chi connectivity index (χ1) is 9.63. The van der Waals surface area contributed by atoms with E-state index >= 15 is 0 Å². The molecule has 0 bridgehead atoms. The molecule has 1 aliphatic rings. The van der Waals surface area contributed by atoms with Crippen molar-refractivity contribution in [1.29, 1.82) is 0 Å². The van der Waals surface area contributed by atoms with E-state index in [2.05, 4.69) is 22.4 Å². The third kappa shape index (κ3) is 2.56. The molecule has 1 aliphatic heterocycles. The van der Waals surface area contributed by atoms with Gasteiger partial charge in [0.1, 0.15) is 11.6 Å². The molecule has 6 heteroatoms. The average Bonchev–Trinajstić information content (AvgIpc) is 2.87. The van der Waals surface area contributed by atoms with Crippen LogP contribution in [0.3, 0.4) is 0 Å². The van der Waals surface area contributed by atoms with Gasteiger partial charge in [-0.3, -0.25) is 0 Å². The number of benzene rings is 1. The Morgan fingerprint density at radius 2 is 2.00 bits per heavy atom. The molecule has 0 saturated carbocycles. The molecule has 1 aromatic heterocycles. The van der Waals surface area contributed by atoms with Gasteiger partial charge in [0.15, 0.2) is 0 Å². The molecular formula is C14H15F2N3O. The molecular weight excluding hydrogens is 264 g/mol. The van der Waals surface area contributed by atoms with Gasteiger partial charge in [-0.25, -0.2) is 8.78 Å². The van der Waals surface area contributed by atoms with Crippen molar-refractivity contribution in [2.75, 3.05) is 6.54 Å². The normalized spacial score (nSPS) is 22.9. The van der Waals surface area contributed by atoms with Crippen LogP contribution in [0, 0.1) is 17.6 Å². The van der Waals surface area contributed by atoms with Gasteiger partial charge < -0.3 is 9.84 Å². The Labute approximate surface area is 115 Å². The third-order valence-electron chi connectivity index (χ3n) is 3.60. The van der Waals surface area contributed by atoms with Crippen LogP contribution in [0.1, 0.15) is 31.7 Å². The van der Waals surface area contributed by atoms with Gasteiger partial charge in [0, 0.05) is 11.6 Å². The second-order valence-corrected chi connectivity index (χ2v) is 5.17. The van der Waals surface area contributed by atoms with E-state index in [1.165, 1.54) is 12.1 Å². The van der Waals surface area contributed by atoms with Crippen LogP contribution in [0.4, 0.5) is 8.78 Å². The van der Waals surface area contributed by atoms with E-state index in [1.54, 1.807) is 0 Å². The molecule has 2 unspecified atom stereocenters. The van der Waals surface area contributed by atoms with Crippen molar-refractivity contribution >= 4 is 0 Å². The number of aromatic nitrogens is 2. The zero-order chi connectivity index (χ0) is 14.1. The molecule has 1 saturated heterocycles. The molecule has 0 radical (unpaired) electrons. The molecule has 0 amide bonds. The number of nitrogens with zero attached hydrogens (tertiary/aromatic N) is 2. The van der Waals surface area contributed by atoms with E-state index in [9.17, 15) is 8.78 Å². The van der Waals surface area contributed by atoms with E-state index in [-0.39, 0.29) is 17.4 Å². The Morgan fingerprint density at radius 3 is 2.70 bits per heavy atom. The first-order valence-corrected chi connectivity index (χ1v) is 6.67. The highest BCUT2D eigenvalue weighted by molar-refractivity contribution is 5.54. The SMILES string of the molecule is CC1CCCNC1c1nc(-c2cc(F)cc(F)c2)no1. The molecule has 1 N–H and O–H groups in total. The van der Waals surface area contributed by atoms with Crippen molar-refractivity contribution in [2.24, 2.45) is 5.92 Å². The molecule has 2 heterocycles. The zero-order valence-corrected chi connectivity index (χ0v) is 11.1. The van der Waals surface area contributed by atoms with Gasteiger partial charge in [-0.1, -0.05) is 12.1 Å². The minimum Gasteiger partial charge on any atom is -0.337 e. The maximum Gasteiger partial charge on any atom is 0.244 e. The fraction of sp³-hybridized carbons (Fsp3) is 0.429. The van der Waals surface area contributed by atoms with Crippen molar-refractivity contribution in [3.63, 3.8) is 0 Å². The van der Waals surface area contributed by atoms with Gasteiger partial charge in [0.2, 0.25) is 11.7 Å². The van der Waals surface area contributed by atoms with Crippen LogP contribution in [0.25, 0.3) is 11.4 Å². The quantitative estimate of drug-likeness (QED) is 0.918. The lowest BCUT2D eigenvalue weighted by Crippen LogP contribution is -2.33. The summed E-state index contributed by atoms with van der Waals surface area (Å²) in [4.78, 5) is 4.26. The molecule has 106 valence electrons. The summed E-state index contributed by atoms with van der Waals surface area (Å²) in [6.45, 7) is 3.02. The van der Waals surface area contributed by atoms with E-state index in [0.29, 0.717) is 11.8 Å². The van der Waals surface area contributed by atoms with Gasteiger partial charge in [-0.05, 0) is 37.4 Å². The number of hydrogen-bond acceptors (Lipinski definition) is 4. The summed E-state index contributed by atoms with van der Waals surface area (Å²) in [7, 11) is 0. The predicted molar refractivity (Wildman–Crippen MR) is 68.8 cm³/mol. The Hall–Kier alpha value is -1.82. The molecule has 1 fully saturated rings. The predicted octanol–water partition coefficient (Wildman–Crippen LogP) is 3.08. The number of rotatable bonds is 2. The summed E-state index contributed by atoms with van der Waals surface area (Å²) >= 11 is 0. The van der Waals surface area contributed by atoms with Crippen molar-refractivity contribution in [1.82, 2.24) is 15.5 Å². The number of piperidine rings is 1. The fourth-order valence-electron chi connectivity index (χ4n) is 2.54. The molecule has 0 spiro atoms. The fourth-order valence-corrected chi connectivity index (χ4v) is 2.54. The Balaban J connectivity index is 1.89. The van der Waals surface area contributed by atoms with Gasteiger partial charge >= 0.3 is 0 Å². The largest absolute Gasteiger partial charge is 0.337 e. The van der Waals surface area contributed by atoms with Gasteiger partial charge in [0.05, 0.1) is 6.04 Å². The Bertz CT molecular complexity index is 594. The minimum atomic E-state index is -0.657. The van der Waals surface area contributed by atoms with Gasteiger partial charge in [-0.15, -0.1) is 0 Å². The van der Waals surface area contributed by atoms with Gasteiger partial charge in [-0.2, -0.15) is 4.98 Å². The molecule has 3 rings (SSSR count). The maximum absolute atomic E-state index is 13.2. The molecule has 2 atom stereocenters.